The Morgan fingerprint density at radius 2 is 1.98 bits per heavy atom. The van der Waals surface area contributed by atoms with Gasteiger partial charge in [0.1, 0.15) is 18.8 Å². The zero-order chi connectivity index (χ0) is 29.6. The van der Waals surface area contributed by atoms with Crippen molar-refractivity contribution in [1.82, 2.24) is 25.0 Å². The van der Waals surface area contributed by atoms with E-state index in [0.717, 1.165) is 30.2 Å². The van der Waals surface area contributed by atoms with E-state index in [2.05, 4.69) is 22.6 Å². The van der Waals surface area contributed by atoms with Crippen molar-refractivity contribution >= 4 is 34.7 Å². The van der Waals surface area contributed by atoms with Crippen molar-refractivity contribution in [1.29, 1.82) is 0 Å². The van der Waals surface area contributed by atoms with Crippen LogP contribution in [0.2, 0.25) is 0 Å². The highest BCUT2D eigenvalue weighted by Crippen LogP contribution is 2.47. The van der Waals surface area contributed by atoms with Gasteiger partial charge in [-0.1, -0.05) is 30.0 Å². The van der Waals surface area contributed by atoms with Crippen LogP contribution in [0.3, 0.4) is 0 Å². The lowest BCUT2D eigenvalue weighted by molar-refractivity contribution is -0.171. The van der Waals surface area contributed by atoms with E-state index in [1.807, 2.05) is 13.8 Å². The van der Waals surface area contributed by atoms with Gasteiger partial charge in [0.2, 0.25) is 0 Å². The van der Waals surface area contributed by atoms with Crippen molar-refractivity contribution in [2.75, 3.05) is 24.3 Å². The van der Waals surface area contributed by atoms with Crippen LogP contribution in [0.15, 0.2) is 23.4 Å². The Bertz CT molecular complexity index is 1470. The first-order valence-electron chi connectivity index (χ1n) is 14.2. The first-order valence-corrected chi connectivity index (χ1v) is 15.2. The fourth-order valence-electron chi connectivity index (χ4n) is 5.73. The number of nitrogens with zero attached hydrogens (tertiary/aromatic N) is 5. The molecule has 6 rings (SSSR count). The molecule has 3 fully saturated rings. The maximum Gasteiger partial charge on any atom is 0.302 e. The van der Waals surface area contributed by atoms with Crippen LogP contribution < -0.4 is 5.32 Å². The van der Waals surface area contributed by atoms with Gasteiger partial charge in [-0.3, -0.25) is 4.79 Å². The molecule has 1 aromatic carbocycles. The first kappa shape index (κ1) is 29.1. The quantitative estimate of drug-likeness (QED) is 0.145. The summed E-state index contributed by atoms with van der Waals surface area (Å²) in [7, 11) is 0. The van der Waals surface area contributed by atoms with Gasteiger partial charge >= 0.3 is 5.97 Å². The van der Waals surface area contributed by atoms with E-state index in [4.69, 9.17) is 28.9 Å². The molecule has 3 heterocycles. The van der Waals surface area contributed by atoms with Crippen LogP contribution in [0.25, 0.3) is 11.2 Å². The lowest BCUT2D eigenvalue weighted by Crippen LogP contribution is -2.31. The number of nitrogens with one attached hydrogen (secondary N) is 1. The average Bonchev–Trinajstić information content (AvgIpc) is 3.28. The molecule has 1 saturated heterocycles. The summed E-state index contributed by atoms with van der Waals surface area (Å²) in [5.41, 5.74) is 1.81. The number of rotatable bonds is 11. The summed E-state index contributed by atoms with van der Waals surface area (Å²) < 4.78 is 52.7. The van der Waals surface area contributed by atoms with Gasteiger partial charge in [0.05, 0.1) is 18.8 Å². The second kappa shape index (κ2) is 11.6. The normalized spacial score (nSPS) is 27.8. The maximum atomic E-state index is 13.9. The van der Waals surface area contributed by atoms with E-state index in [0.29, 0.717) is 28.6 Å². The summed E-state index contributed by atoms with van der Waals surface area (Å²) in [5, 5.41) is 13.0. The number of aromatic nitrogens is 5. The third kappa shape index (κ3) is 5.94. The molecule has 3 aliphatic rings. The Morgan fingerprint density at radius 3 is 2.74 bits per heavy atom. The summed E-state index contributed by atoms with van der Waals surface area (Å²) in [6.07, 6.45) is 1.22. The molecule has 1 aliphatic heterocycles. The molecule has 2 saturated carbocycles. The lowest BCUT2D eigenvalue weighted by atomic mass is 10.1. The van der Waals surface area contributed by atoms with Gasteiger partial charge in [-0.2, -0.15) is 0 Å². The fraction of sp³-hybridized carbons (Fsp3) is 0.607. The van der Waals surface area contributed by atoms with Gasteiger partial charge in [-0.25, -0.2) is 23.4 Å². The summed E-state index contributed by atoms with van der Waals surface area (Å²) in [6.45, 7) is 7.56. The largest absolute Gasteiger partial charge is 0.463 e. The van der Waals surface area contributed by atoms with Crippen molar-refractivity contribution in [3.05, 3.63) is 35.4 Å². The molecule has 0 amide bonds. The number of carbonyl (C=O) groups is 1. The van der Waals surface area contributed by atoms with Crippen LogP contribution in [-0.2, 0) is 23.7 Å². The molecule has 11 nitrogen and oxygen atoms in total. The van der Waals surface area contributed by atoms with E-state index >= 15 is 0 Å². The minimum absolute atomic E-state index is 0.0136. The van der Waals surface area contributed by atoms with Gasteiger partial charge in [-0.05, 0) is 44.4 Å². The van der Waals surface area contributed by atoms with Crippen LogP contribution in [0, 0.1) is 11.6 Å². The van der Waals surface area contributed by atoms with Crippen LogP contribution in [0.1, 0.15) is 64.5 Å². The Labute approximate surface area is 246 Å². The molecule has 226 valence electrons. The monoisotopic (exact) mass is 604 g/mol. The highest BCUT2D eigenvalue weighted by molar-refractivity contribution is 7.99. The summed E-state index contributed by atoms with van der Waals surface area (Å²) >= 11 is 1.54. The minimum atomic E-state index is -0.859. The number of esters is 1. The second-order valence-electron chi connectivity index (χ2n) is 11.3. The molecule has 0 unspecified atom stereocenters. The van der Waals surface area contributed by atoms with E-state index in [-0.39, 0.29) is 55.5 Å². The molecule has 14 heteroatoms. The van der Waals surface area contributed by atoms with Crippen LogP contribution >= 0.6 is 11.8 Å². The summed E-state index contributed by atoms with van der Waals surface area (Å²) in [4.78, 5) is 20.8. The number of benzene rings is 1. The number of thioether (sulfide) groups is 1. The van der Waals surface area contributed by atoms with Crippen molar-refractivity contribution in [2.45, 2.75) is 94.2 Å². The van der Waals surface area contributed by atoms with Gasteiger partial charge in [0.15, 0.2) is 39.6 Å². The maximum absolute atomic E-state index is 13.9. The minimum Gasteiger partial charge on any atom is -0.463 e. The van der Waals surface area contributed by atoms with Gasteiger partial charge in [0, 0.05) is 31.1 Å². The zero-order valence-electron chi connectivity index (χ0n) is 23.9. The first-order chi connectivity index (χ1) is 20.1. The molecule has 6 atom stereocenters. The van der Waals surface area contributed by atoms with E-state index in [9.17, 15) is 13.6 Å². The van der Waals surface area contributed by atoms with Crippen LogP contribution in [-0.4, -0.2) is 80.0 Å². The number of anilines is 1. The van der Waals surface area contributed by atoms with Gasteiger partial charge in [0.25, 0.3) is 0 Å². The van der Waals surface area contributed by atoms with Crippen molar-refractivity contribution in [3.63, 3.8) is 0 Å². The average molecular weight is 605 g/mol. The van der Waals surface area contributed by atoms with Crippen molar-refractivity contribution in [2.24, 2.45) is 0 Å². The smallest absolute Gasteiger partial charge is 0.302 e. The Hall–Kier alpha value is -2.94. The molecule has 42 heavy (non-hydrogen) atoms. The summed E-state index contributed by atoms with van der Waals surface area (Å²) in [5.74, 6) is -1.47. The number of hydrogen-bond donors (Lipinski definition) is 1. The standard InChI is InChI=1S/C28H34F2N6O5S/c1-5-10-42-27-32-25(31-19-12-16(19)15-6-7-17(29)18(30)11-15)22-26(33-27)36(35-34-22)20-13-21(39-9-8-38-14(2)37)24-23(20)40-28(3,4)41-24/h6-7,11,16,19-21,23-24H,5,8-10,12-13H2,1-4H3,(H,31,32,33)/t16-,19-,20+,21-,23-,24+/m0/s1. The lowest BCUT2D eigenvalue weighted by Gasteiger charge is -2.23. The van der Waals surface area contributed by atoms with E-state index in [1.165, 1.54) is 13.0 Å². The Balaban J connectivity index is 1.27. The van der Waals surface area contributed by atoms with Gasteiger partial charge in [-0.15, -0.1) is 5.10 Å². The number of halogens is 2. The molecular weight excluding hydrogens is 570 g/mol. The Morgan fingerprint density at radius 1 is 1.17 bits per heavy atom. The third-order valence-electron chi connectivity index (χ3n) is 7.64. The van der Waals surface area contributed by atoms with Crippen LogP contribution in [0.4, 0.5) is 14.6 Å². The highest BCUT2D eigenvalue weighted by atomic mass is 32.2. The fourth-order valence-corrected chi connectivity index (χ4v) is 6.42. The molecule has 1 N–H and O–H groups in total. The van der Waals surface area contributed by atoms with Crippen molar-refractivity contribution < 1.29 is 32.5 Å². The predicted molar refractivity (Wildman–Crippen MR) is 149 cm³/mol. The van der Waals surface area contributed by atoms with Crippen molar-refractivity contribution in [3.8, 4) is 0 Å². The molecule has 3 aromatic rings. The number of carbonyl (C=O) groups excluding carboxylic acids is 1. The van der Waals surface area contributed by atoms with Gasteiger partial charge < -0.3 is 24.3 Å². The number of ether oxygens (including phenoxy) is 4. The number of fused-ring (bicyclic) bond motifs is 2. The van der Waals surface area contributed by atoms with Crippen LogP contribution in [0.5, 0.6) is 0 Å². The second-order valence-corrected chi connectivity index (χ2v) is 12.4. The number of hydrogen-bond acceptors (Lipinski definition) is 11. The molecule has 0 radical (unpaired) electrons. The highest BCUT2D eigenvalue weighted by Gasteiger charge is 2.56. The molecule has 2 aliphatic carbocycles. The topological polar surface area (TPSA) is 123 Å². The molecular formula is C28H34F2N6O5S. The predicted octanol–water partition coefficient (Wildman–Crippen LogP) is 4.38. The Kier molecular flexibility index (Phi) is 8.07. The van der Waals surface area contributed by atoms with E-state index < -0.39 is 17.4 Å². The molecule has 0 bridgehead atoms. The molecule has 2 aromatic heterocycles. The summed E-state index contributed by atoms with van der Waals surface area (Å²) in [6, 6.07) is 3.74. The third-order valence-corrected chi connectivity index (χ3v) is 8.69. The van der Waals surface area contributed by atoms with E-state index in [1.54, 1.807) is 22.5 Å². The zero-order valence-corrected chi connectivity index (χ0v) is 24.7. The SMILES string of the molecule is CCCSc1nc(N[C@H]2C[C@H]2c2ccc(F)c(F)c2)c2nnn([C@@H]3C[C@H](OCCOC(C)=O)[C@H]4OC(C)(C)O[C@H]43)c2n1. The molecule has 0 spiro atoms.